The van der Waals surface area contributed by atoms with Gasteiger partial charge in [0.25, 0.3) is 11.6 Å². The fraction of sp³-hybridized carbons (Fsp3) is 0.350. The third-order valence-corrected chi connectivity index (χ3v) is 5.57. The highest BCUT2D eigenvalue weighted by Crippen LogP contribution is 2.26. The molecule has 0 unspecified atom stereocenters. The Bertz CT molecular complexity index is 857. The number of thioether (sulfide) groups is 1. The number of benzene rings is 2. The summed E-state index contributed by atoms with van der Waals surface area (Å²) in [5, 5.41) is 14.0. The zero-order valence-electron chi connectivity index (χ0n) is 15.8. The van der Waals surface area contributed by atoms with Crippen LogP contribution < -0.4 is 10.2 Å². The summed E-state index contributed by atoms with van der Waals surface area (Å²) in [5.41, 5.74) is 0.864. The van der Waals surface area contributed by atoms with Crippen LogP contribution in [-0.4, -0.2) is 49.4 Å². The number of amides is 1. The van der Waals surface area contributed by atoms with Crippen molar-refractivity contribution in [1.29, 1.82) is 0 Å². The van der Waals surface area contributed by atoms with E-state index in [0.717, 1.165) is 17.1 Å². The highest BCUT2D eigenvalue weighted by Gasteiger charge is 2.21. The molecule has 9 heteroatoms. The van der Waals surface area contributed by atoms with E-state index in [-0.39, 0.29) is 17.4 Å². The Kier molecular flexibility index (Phi) is 7.42. The van der Waals surface area contributed by atoms with E-state index < -0.39 is 4.92 Å². The molecule has 2 aromatic rings. The van der Waals surface area contributed by atoms with E-state index in [0.29, 0.717) is 44.1 Å². The highest BCUT2D eigenvalue weighted by atomic mass is 32.2. The molecule has 1 N–H and O–H groups in total. The van der Waals surface area contributed by atoms with Gasteiger partial charge in [-0.25, -0.2) is 4.39 Å². The summed E-state index contributed by atoms with van der Waals surface area (Å²) in [5.74, 6) is 0.161. The molecule has 0 aromatic heterocycles. The van der Waals surface area contributed by atoms with Crippen LogP contribution in [0.25, 0.3) is 0 Å². The maximum Gasteiger partial charge on any atom is 0.270 e. The first-order valence-corrected chi connectivity index (χ1v) is 10.3. The van der Waals surface area contributed by atoms with Crippen molar-refractivity contribution < 1.29 is 18.8 Å². The molecule has 0 bridgehead atoms. The number of nitrogens with one attached hydrogen (secondary N) is 1. The van der Waals surface area contributed by atoms with Gasteiger partial charge in [-0.15, -0.1) is 11.8 Å². The minimum atomic E-state index is -0.501. The Morgan fingerprint density at radius 2 is 1.93 bits per heavy atom. The molecule has 1 heterocycles. The number of non-ortho nitro benzene ring substituents is 1. The number of hydrogen-bond acceptors (Lipinski definition) is 6. The lowest BCUT2D eigenvalue weighted by molar-refractivity contribution is -0.384. The van der Waals surface area contributed by atoms with Crippen LogP contribution in [0, 0.1) is 15.9 Å². The van der Waals surface area contributed by atoms with Crippen molar-refractivity contribution in [3.05, 3.63) is 64.0 Å². The molecule has 1 amide bonds. The lowest BCUT2D eigenvalue weighted by atomic mass is 10.1. The zero-order chi connectivity index (χ0) is 20.6. The summed E-state index contributed by atoms with van der Waals surface area (Å²) in [6.07, 6.45) is 0.718. The Morgan fingerprint density at radius 1 is 1.21 bits per heavy atom. The molecule has 7 nitrogen and oxygen atoms in total. The smallest absolute Gasteiger partial charge is 0.270 e. The van der Waals surface area contributed by atoms with Gasteiger partial charge in [0.2, 0.25) is 0 Å². The fourth-order valence-electron chi connectivity index (χ4n) is 2.99. The normalized spacial score (nSPS) is 13.9. The van der Waals surface area contributed by atoms with Gasteiger partial charge in [0, 0.05) is 36.7 Å². The molecule has 0 radical (unpaired) electrons. The number of nitro benzene ring substituents is 1. The Balaban J connectivity index is 1.58. The predicted molar refractivity (Wildman–Crippen MR) is 110 cm³/mol. The van der Waals surface area contributed by atoms with Gasteiger partial charge in [-0.1, -0.05) is 0 Å². The van der Waals surface area contributed by atoms with E-state index in [1.54, 1.807) is 30.0 Å². The van der Waals surface area contributed by atoms with Gasteiger partial charge in [-0.05, 0) is 42.5 Å². The zero-order valence-corrected chi connectivity index (χ0v) is 16.6. The van der Waals surface area contributed by atoms with Crippen molar-refractivity contribution in [2.24, 2.45) is 0 Å². The molecular formula is C20H22FN3O4S. The summed E-state index contributed by atoms with van der Waals surface area (Å²) in [6.45, 7) is 2.81. The number of anilines is 1. The molecule has 0 atom stereocenters. The van der Waals surface area contributed by atoms with Gasteiger partial charge in [-0.3, -0.25) is 14.9 Å². The van der Waals surface area contributed by atoms with Crippen LogP contribution in [0.2, 0.25) is 0 Å². The van der Waals surface area contributed by atoms with Crippen molar-refractivity contribution in [2.75, 3.05) is 43.5 Å². The summed E-state index contributed by atoms with van der Waals surface area (Å²) < 4.78 is 18.3. The molecule has 154 valence electrons. The molecule has 1 aliphatic heterocycles. The van der Waals surface area contributed by atoms with Crippen molar-refractivity contribution >= 4 is 29.0 Å². The number of ether oxygens (including phenoxy) is 1. The second-order valence-corrected chi connectivity index (χ2v) is 7.64. The van der Waals surface area contributed by atoms with Crippen molar-refractivity contribution in [2.45, 2.75) is 11.3 Å². The SMILES string of the molecule is O=C(NCCCSc1ccc(F)cc1)c1cc([N+](=O)[O-])ccc1N1CCOCC1. The van der Waals surface area contributed by atoms with E-state index in [1.807, 2.05) is 4.90 Å². The van der Waals surface area contributed by atoms with Crippen LogP contribution in [-0.2, 0) is 4.74 Å². The molecule has 3 rings (SSSR count). The van der Waals surface area contributed by atoms with Gasteiger partial charge < -0.3 is 15.0 Å². The van der Waals surface area contributed by atoms with E-state index in [2.05, 4.69) is 5.32 Å². The summed E-state index contributed by atoms with van der Waals surface area (Å²) in [6, 6.07) is 10.6. The number of rotatable bonds is 8. The lowest BCUT2D eigenvalue weighted by Gasteiger charge is -2.30. The third-order valence-electron chi connectivity index (χ3n) is 4.48. The van der Waals surface area contributed by atoms with E-state index >= 15 is 0 Å². The first-order chi connectivity index (χ1) is 14.0. The average molecular weight is 419 g/mol. The van der Waals surface area contributed by atoms with Crippen LogP contribution >= 0.6 is 11.8 Å². The molecule has 0 saturated carbocycles. The number of carbonyl (C=O) groups is 1. The Morgan fingerprint density at radius 3 is 2.62 bits per heavy atom. The van der Waals surface area contributed by atoms with Gasteiger partial charge in [0.1, 0.15) is 5.82 Å². The van der Waals surface area contributed by atoms with Gasteiger partial charge in [-0.2, -0.15) is 0 Å². The average Bonchev–Trinajstić information content (AvgIpc) is 2.75. The van der Waals surface area contributed by atoms with Crippen LogP contribution in [0.1, 0.15) is 16.8 Å². The number of carbonyl (C=O) groups excluding carboxylic acids is 1. The number of hydrogen-bond donors (Lipinski definition) is 1. The number of nitro groups is 1. The molecule has 29 heavy (non-hydrogen) atoms. The minimum Gasteiger partial charge on any atom is -0.378 e. The van der Waals surface area contributed by atoms with E-state index in [4.69, 9.17) is 4.74 Å². The van der Waals surface area contributed by atoms with Crippen molar-refractivity contribution in [3.8, 4) is 0 Å². The summed E-state index contributed by atoms with van der Waals surface area (Å²) in [7, 11) is 0. The second-order valence-electron chi connectivity index (χ2n) is 6.47. The van der Waals surface area contributed by atoms with Crippen molar-refractivity contribution in [3.63, 3.8) is 0 Å². The van der Waals surface area contributed by atoms with E-state index in [9.17, 15) is 19.3 Å². The largest absolute Gasteiger partial charge is 0.378 e. The van der Waals surface area contributed by atoms with Crippen LogP contribution in [0.3, 0.4) is 0 Å². The summed E-state index contributed by atoms with van der Waals surface area (Å²) in [4.78, 5) is 26.3. The third kappa shape index (κ3) is 5.91. The lowest BCUT2D eigenvalue weighted by Crippen LogP contribution is -2.38. The first kappa shape index (κ1) is 21.1. The molecule has 0 aliphatic carbocycles. The van der Waals surface area contributed by atoms with Crippen LogP contribution in [0.4, 0.5) is 15.8 Å². The molecule has 1 aliphatic rings. The Labute approximate surface area is 172 Å². The molecule has 1 saturated heterocycles. The molecule has 2 aromatic carbocycles. The topological polar surface area (TPSA) is 84.7 Å². The number of morpholine rings is 1. The first-order valence-electron chi connectivity index (χ1n) is 9.32. The maximum absolute atomic E-state index is 12.9. The van der Waals surface area contributed by atoms with Crippen molar-refractivity contribution in [1.82, 2.24) is 5.32 Å². The fourth-order valence-corrected chi connectivity index (χ4v) is 3.84. The number of halogens is 1. The van der Waals surface area contributed by atoms with Crippen LogP contribution in [0.15, 0.2) is 47.4 Å². The maximum atomic E-state index is 12.9. The number of nitrogens with zero attached hydrogens (tertiary/aromatic N) is 2. The van der Waals surface area contributed by atoms with E-state index in [1.165, 1.54) is 24.3 Å². The standard InChI is InChI=1S/C20H22FN3O4S/c21-15-2-5-17(6-3-15)29-13-1-8-22-20(25)18-14-16(24(26)27)4-7-19(18)23-9-11-28-12-10-23/h2-7,14H,1,8-13H2,(H,22,25). The monoisotopic (exact) mass is 419 g/mol. The van der Waals surface area contributed by atoms with Crippen LogP contribution in [0.5, 0.6) is 0 Å². The molecule has 0 spiro atoms. The quantitative estimate of drug-likeness (QED) is 0.305. The van der Waals surface area contributed by atoms with Gasteiger partial charge >= 0.3 is 0 Å². The summed E-state index contributed by atoms with van der Waals surface area (Å²) >= 11 is 1.58. The molecular weight excluding hydrogens is 397 g/mol. The Hall–Kier alpha value is -2.65. The minimum absolute atomic E-state index is 0.112. The highest BCUT2D eigenvalue weighted by molar-refractivity contribution is 7.99. The predicted octanol–water partition coefficient (Wildman–Crippen LogP) is 3.48. The van der Waals surface area contributed by atoms with Gasteiger partial charge in [0.05, 0.1) is 29.4 Å². The van der Waals surface area contributed by atoms with Gasteiger partial charge in [0.15, 0.2) is 0 Å². The molecule has 1 fully saturated rings. The second kappa shape index (κ2) is 10.2.